The van der Waals surface area contributed by atoms with Crippen LogP contribution in [0.1, 0.15) is 5.56 Å². The third kappa shape index (κ3) is 3.11. The number of hydrogen-bond donors (Lipinski definition) is 0. The minimum absolute atomic E-state index is 0.433. The van der Waals surface area contributed by atoms with E-state index in [0.29, 0.717) is 23.3 Å². The van der Waals surface area contributed by atoms with E-state index in [1.807, 2.05) is 30.3 Å². The molecule has 0 radical (unpaired) electrons. The highest BCUT2D eigenvalue weighted by Gasteiger charge is 2.03. The number of halogens is 1. The summed E-state index contributed by atoms with van der Waals surface area (Å²) in [4.78, 5) is 3.91. The first-order chi connectivity index (χ1) is 8.29. The molecule has 1 heterocycles. The molecule has 1 aromatic heterocycles. The van der Waals surface area contributed by atoms with Crippen molar-refractivity contribution >= 4 is 11.6 Å². The molecule has 2 rings (SSSR count). The molecule has 0 saturated heterocycles. The molecule has 0 aliphatic rings. The van der Waals surface area contributed by atoms with Gasteiger partial charge in [-0.25, -0.2) is 4.98 Å². The smallest absolute Gasteiger partial charge is 0.161 e. The first kappa shape index (κ1) is 11.7. The predicted molar refractivity (Wildman–Crippen MR) is 66.6 cm³/mol. The molecule has 0 saturated carbocycles. The molecular weight excluding hydrogens is 238 g/mol. The molecule has 0 atom stereocenters. The first-order valence-electron chi connectivity index (χ1n) is 5.16. The van der Waals surface area contributed by atoms with Gasteiger partial charge < -0.3 is 9.47 Å². The summed E-state index contributed by atoms with van der Waals surface area (Å²) in [5.74, 6) is 1.43. The molecule has 3 nitrogen and oxygen atoms in total. The van der Waals surface area contributed by atoms with E-state index in [2.05, 4.69) is 4.98 Å². The van der Waals surface area contributed by atoms with Gasteiger partial charge >= 0.3 is 0 Å². The molecule has 0 fully saturated rings. The Bertz CT molecular complexity index is 502. The number of para-hydroxylation sites is 2. The third-order valence-electron chi connectivity index (χ3n) is 2.25. The number of methoxy groups -OCH3 is 1. The lowest BCUT2D eigenvalue weighted by molar-refractivity contribution is 0.284. The van der Waals surface area contributed by atoms with E-state index in [-0.39, 0.29) is 0 Å². The number of pyridine rings is 1. The fraction of sp³-hybridized carbons (Fsp3) is 0.154. The van der Waals surface area contributed by atoms with Crippen LogP contribution in [0.15, 0.2) is 42.6 Å². The zero-order valence-corrected chi connectivity index (χ0v) is 10.1. The minimum Gasteiger partial charge on any atom is -0.493 e. The highest BCUT2D eigenvalue weighted by Crippen LogP contribution is 2.26. The van der Waals surface area contributed by atoms with Crippen LogP contribution in [-0.4, -0.2) is 12.1 Å². The highest BCUT2D eigenvalue weighted by atomic mass is 35.5. The monoisotopic (exact) mass is 249 g/mol. The Balaban J connectivity index is 2.07. The van der Waals surface area contributed by atoms with Crippen molar-refractivity contribution in [1.29, 1.82) is 0 Å². The summed E-state index contributed by atoms with van der Waals surface area (Å²) >= 11 is 5.79. The standard InChI is InChI=1S/C13H12ClNO2/c1-16-11-4-2-3-5-12(11)17-9-10-6-7-15-13(14)8-10/h2-8H,9H2,1H3. The zero-order chi connectivity index (χ0) is 12.1. The van der Waals surface area contributed by atoms with Crippen LogP contribution >= 0.6 is 11.6 Å². The summed E-state index contributed by atoms with van der Waals surface area (Å²) in [7, 11) is 1.62. The van der Waals surface area contributed by atoms with Crippen molar-refractivity contribution in [2.24, 2.45) is 0 Å². The van der Waals surface area contributed by atoms with Gasteiger partial charge in [-0.1, -0.05) is 23.7 Å². The number of nitrogens with zero attached hydrogens (tertiary/aromatic N) is 1. The van der Waals surface area contributed by atoms with Crippen LogP contribution in [0.4, 0.5) is 0 Å². The molecule has 0 bridgehead atoms. The Morgan fingerprint density at radius 1 is 1.18 bits per heavy atom. The Morgan fingerprint density at radius 3 is 2.65 bits per heavy atom. The molecular formula is C13H12ClNO2. The van der Waals surface area contributed by atoms with Gasteiger partial charge in [0.05, 0.1) is 7.11 Å². The molecule has 0 aliphatic heterocycles. The van der Waals surface area contributed by atoms with Crippen molar-refractivity contribution in [2.45, 2.75) is 6.61 Å². The summed E-state index contributed by atoms with van der Waals surface area (Å²) < 4.78 is 10.9. The first-order valence-corrected chi connectivity index (χ1v) is 5.53. The molecule has 0 aliphatic carbocycles. The Kier molecular flexibility index (Phi) is 3.83. The third-order valence-corrected chi connectivity index (χ3v) is 2.46. The summed E-state index contributed by atoms with van der Waals surface area (Å²) in [5.41, 5.74) is 0.968. The molecule has 17 heavy (non-hydrogen) atoms. The van der Waals surface area contributed by atoms with Crippen molar-refractivity contribution in [3.8, 4) is 11.5 Å². The van der Waals surface area contributed by atoms with E-state index in [1.54, 1.807) is 19.4 Å². The van der Waals surface area contributed by atoms with E-state index in [0.717, 1.165) is 5.56 Å². The van der Waals surface area contributed by atoms with Crippen LogP contribution < -0.4 is 9.47 Å². The number of rotatable bonds is 4. The number of ether oxygens (including phenoxy) is 2. The van der Waals surface area contributed by atoms with Crippen molar-refractivity contribution in [1.82, 2.24) is 4.98 Å². The van der Waals surface area contributed by atoms with Gasteiger partial charge in [0.2, 0.25) is 0 Å². The van der Waals surface area contributed by atoms with Crippen LogP contribution in [0, 0.1) is 0 Å². The van der Waals surface area contributed by atoms with E-state index >= 15 is 0 Å². The van der Waals surface area contributed by atoms with Crippen LogP contribution in [0.3, 0.4) is 0 Å². The molecule has 0 N–H and O–H groups in total. The van der Waals surface area contributed by atoms with Gasteiger partial charge in [-0.2, -0.15) is 0 Å². The second kappa shape index (κ2) is 5.55. The number of aromatic nitrogens is 1. The molecule has 4 heteroatoms. The maximum Gasteiger partial charge on any atom is 0.161 e. The molecule has 0 amide bonds. The second-order valence-electron chi connectivity index (χ2n) is 3.43. The Hall–Kier alpha value is -1.74. The second-order valence-corrected chi connectivity index (χ2v) is 3.81. The van der Waals surface area contributed by atoms with Gasteiger partial charge in [0.15, 0.2) is 11.5 Å². The van der Waals surface area contributed by atoms with Gasteiger partial charge in [-0.3, -0.25) is 0 Å². The van der Waals surface area contributed by atoms with Crippen molar-refractivity contribution in [2.75, 3.05) is 7.11 Å². The topological polar surface area (TPSA) is 31.4 Å². The average molecular weight is 250 g/mol. The molecule has 2 aromatic rings. The van der Waals surface area contributed by atoms with Crippen molar-refractivity contribution in [3.05, 3.63) is 53.3 Å². The van der Waals surface area contributed by atoms with Crippen LogP contribution in [0.2, 0.25) is 5.15 Å². The normalized spacial score (nSPS) is 10.0. The fourth-order valence-electron chi connectivity index (χ4n) is 1.43. The number of benzene rings is 1. The Morgan fingerprint density at radius 2 is 1.94 bits per heavy atom. The van der Waals surface area contributed by atoms with Gasteiger partial charge in [-0.05, 0) is 29.8 Å². The van der Waals surface area contributed by atoms with Gasteiger partial charge in [-0.15, -0.1) is 0 Å². The van der Waals surface area contributed by atoms with Crippen LogP contribution in [0.5, 0.6) is 11.5 Å². The summed E-state index contributed by atoms with van der Waals surface area (Å²) in [6.45, 7) is 0.433. The van der Waals surface area contributed by atoms with Crippen LogP contribution in [0.25, 0.3) is 0 Å². The predicted octanol–water partition coefficient (Wildman–Crippen LogP) is 3.32. The lowest BCUT2D eigenvalue weighted by Crippen LogP contribution is -1.97. The average Bonchev–Trinajstić information content (AvgIpc) is 2.37. The van der Waals surface area contributed by atoms with E-state index in [4.69, 9.17) is 21.1 Å². The quantitative estimate of drug-likeness (QED) is 0.779. The summed E-state index contributed by atoms with van der Waals surface area (Å²) in [6.07, 6.45) is 1.66. The van der Waals surface area contributed by atoms with Gasteiger partial charge in [0, 0.05) is 6.20 Å². The summed E-state index contributed by atoms with van der Waals surface area (Å²) in [6, 6.07) is 11.2. The van der Waals surface area contributed by atoms with E-state index in [1.165, 1.54) is 0 Å². The highest BCUT2D eigenvalue weighted by molar-refractivity contribution is 6.29. The maximum atomic E-state index is 5.79. The van der Waals surface area contributed by atoms with Crippen molar-refractivity contribution < 1.29 is 9.47 Å². The molecule has 0 spiro atoms. The maximum absolute atomic E-state index is 5.79. The minimum atomic E-state index is 0.433. The SMILES string of the molecule is COc1ccccc1OCc1ccnc(Cl)c1. The molecule has 0 unspecified atom stereocenters. The van der Waals surface area contributed by atoms with Crippen molar-refractivity contribution in [3.63, 3.8) is 0 Å². The largest absolute Gasteiger partial charge is 0.493 e. The summed E-state index contributed by atoms with van der Waals surface area (Å²) in [5, 5.41) is 0.464. The Labute approximate surface area is 105 Å². The van der Waals surface area contributed by atoms with Crippen LogP contribution in [-0.2, 0) is 6.61 Å². The molecule has 88 valence electrons. The van der Waals surface area contributed by atoms with Gasteiger partial charge in [0.25, 0.3) is 0 Å². The lowest BCUT2D eigenvalue weighted by atomic mass is 10.3. The fourth-order valence-corrected chi connectivity index (χ4v) is 1.63. The molecule has 1 aromatic carbocycles. The number of hydrogen-bond acceptors (Lipinski definition) is 3. The van der Waals surface area contributed by atoms with Gasteiger partial charge in [0.1, 0.15) is 11.8 Å². The van der Waals surface area contributed by atoms with E-state index in [9.17, 15) is 0 Å². The van der Waals surface area contributed by atoms with E-state index < -0.39 is 0 Å². The lowest BCUT2D eigenvalue weighted by Gasteiger charge is -2.10. The zero-order valence-electron chi connectivity index (χ0n) is 9.39.